The minimum atomic E-state index is -0.0219. The summed E-state index contributed by atoms with van der Waals surface area (Å²) in [6.45, 7) is 5.48. The molecule has 2 aromatic carbocycles. The molecule has 10 heteroatoms. The summed E-state index contributed by atoms with van der Waals surface area (Å²) in [7, 11) is 0. The molecule has 5 rings (SSSR count). The molecule has 1 aromatic heterocycles. The standard InChI is InChI=1S/C29H37N7O3/c1-20(30)34-15-11-24(12-16-34)39-23-8-6-22(7-9-23)38-19-27-33-25-17-21(29(31)32)5-10-26(25)36(27)18-28(37)35-13-3-2-4-14-35/h5-10,17,24,30H,2-4,11-16,18-19H2,1H3,(H3,31,32). The van der Waals surface area contributed by atoms with Gasteiger partial charge in [0.1, 0.15) is 42.4 Å². The van der Waals surface area contributed by atoms with Crippen LogP contribution < -0.4 is 15.2 Å². The van der Waals surface area contributed by atoms with E-state index in [2.05, 4.69) is 4.90 Å². The molecule has 2 fully saturated rings. The number of fused-ring (bicyclic) bond motifs is 1. The van der Waals surface area contributed by atoms with E-state index < -0.39 is 0 Å². The van der Waals surface area contributed by atoms with E-state index in [4.69, 9.17) is 31.0 Å². The number of nitrogens with one attached hydrogen (secondary N) is 2. The first kappa shape index (κ1) is 26.5. The van der Waals surface area contributed by atoms with Crippen LogP contribution in [0.3, 0.4) is 0 Å². The molecule has 2 aliphatic heterocycles. The number of imidazole rings is 1. The van der Waals surface area contributed by atoms with E-state index >= 15 is 0 Å². The normalized spacial score (nSPS) is 16.3. The van der Waals surface area contributed by atoms with Crippen molar-refractivity contribution in [3.05, 3.63) is 53.9 Å². The van der Waals surface area contributed by atoms with Crippen molar-refractivity contribution in [2.24, 2.45) is 5.73 Å². The number of nitrogen functional groups attached to an aromatic ring is 1. The Morgan fingerprint density at radius 2 is 1.67 bits per heavy atom. The summed E-state index contributed by atoms with van der Waals surface area (Å²) in [5.41, 5.74) is 7.79. The van der Waals surface area contributed by atoms with Crippen LogP contribution in [0.1, 0.15) is 50.4 Å². The van der Waals surface area contributed by atoms with E-state index in [9.17, 15) is 4.79 Å². The van der Waals surface area contributed by atoms with Gasteiger partial charge in [0.15, 0.2) is 0 Å². The van der Waals surface area contributed by atoms with Gasteiger partial charge in [-0.15, -0.1) is 0 Å². The van der Waals surface area contributed by atoms with Crippen LogP contribution in [0.15, 0.2) is 42.5 Å². The highest BCUT2D eigenvalue weighted by atomic mass is 16.5. The van der Waals surface area contributed by atoms with Crippen molar-refractivity contribution in [1.29, 1.82) is 10.8 Å². The van der Waals surface area contributed by atoms with Crippen LogP contribution in [0.5, 0.6) is 11.5 Å². The number of likely N-dealkylation sites (tertiary alicyclic amines) is 2. The zero-order valence-electron chi connectivity index (χ0n) is 22.5. The molecular weight excluding hydrogens is 494 g/mol. The van der Waals surface area contributed by atoms with Crippen LogP contribution in [0.2, 0.25) is 0 Å². The molecule has 39 heavy (non-hydrogen) atoms. The van der Waals surface area contributed by atoms with E-state index in [-0.39, 0.29) is 31.0 Å². The molecule has 0 spiro atoms. The van der Waals surface area contributed by atoms with Gasteiger partial charge in [0.25, 0.3) is 0 Å². The van der Waals surface area contributed by atoms with Crippen molar-refractivity contribution in [3.8, 4) is 11.5 Å². The van der Waals surface area contributed by atoms with Crippen LogP contribution in [0.25, 0.3) is 11.0 Å². The summed E-state index contributed by atoms with van der Waals surface area (Å²) in [5.74, 6) is 2.79. The fourth-order valence-corrected chi connectivity index (χ4v) is 5.28. The summed E-state index contributed by atoms with van der Waals surface area (Å²) in [6.07, 6.45) is 5.17. The van der Waals surface area contributed by atoms with E-state index in [0.29, 0.717) is 28.5 Å². The number of nitrogens with two attached hydrogens (primary N) is 1. The molecule has 0 saturated carbocycles. The third-order valence-electron chi connectivity index (χ3n) is 7.55. The summed E-state index contributed by atoms with van der Waals surface area (Å²) in [6, 6.07) is 13.0. The Hall–Kier alpha value is -4.08. The van der Waals surface area contributed by atoms with Gasteiger partial charge in [0.05, 0.1) is 16.9 Å². The molecular formula is C29H37N7O3. The highest BCUT2D eigenvalue weighted by Gasteiger charge is 2.22. The lowest BCUT2D eigenvalue weighted by Gasteiger charge is -2.32. The van der Waals surface area contributed by atoms with Crippen molar-refractivity contribution in [3.63, 3.8) is 0 Å². The van der Waals surface area contributed by atoms with Gasteiger partial charge in [-0.05, 0) is 68.7 Å². The lowest BCUT2D eigenvalue weighted by atomic mass is 10.1. The Balaban J connectivity index is 1.27. The lowest BCUT2D eigenvalue weighted by Crippen LogP contribution is -2.40. The number of hydrogen-bond acceptors (Lipinski definition) is 6. The Kier molecular flexibility index (Phi) is 7.99. The van der Waals surface area contributed by atoms with Crippen LogP contribution >= 0.6 is 0 Å². The largest absolute Gasteiger partial charge is 0.490 e. The topological polar surface area (TPSA) is 134 Å². The van der Waals surface area contributed by atoms with E-state index in [0.717, 1.165) is 69.5 Å². The number of carbonyl (C=O) groups is 1. The quantitative estimate of drug-likeness (QED) is 0.299. The SMILES string of the molecule is CC(=N)N1CCC(Oc2ccc(OCc3nc4cc(C(=N)N)ccc4n3CC(=O)N3CCCCC3)cc2)CC1. The number of ether oxygens (including phenoxy) is 2. The molecule has 10 nitrogen and oxygen atoms in total. The summed E-state index contributed by atoms with van der Waals surface area (Å²) in [5, 5.41) is 15.6. The number of benzene rings is 2. The number of hydrogen-bond donors (Lipinski definition) is 3. The predicted octanol–water partition coefficient (Wildman–Crippen LogP) is 3.75. The van der Waals surface area contributed by atoms with E-state index in [1.165, 1.54) is 0 Å². The molecule has 0 unspecified atom stereocenters. The average molecular weight is 532 g/mol. The second kappa shape index (κ2) is 11.8. The van der Waals surface area contributed by atoms with Crippen LogP contribution in [0, 0.1) is 10.8 Å². The maximum absolute atomic E-state index is 13.1. The lowest BCUT2D eigenvalue weighted by molar-refractivity contribution is -0.132. The van der Waals surface area contributed by atoms with Crippen LogP contribution in [0.4, 0.5) is 0 Å². The molecule has 3 heterocycles. The van der Waals surface area contributed by atoms with Crippen molar-refractivity contribution in [1.82, 2.24) is 19.4 Å². The Labute approximate surface area is 228 Å². The maximum atomic E-state index is 13.1. The molecule has 4 N–H and O–H groups in total. The third kappa shape index (κ3) is 6.32. The van der Waals surface area contributed by atoms with Crippen molar-refractivity contribution in [2.75, 3.05) is 26.2 Å². The van der Waals surface area contributed by atoms with Gasteiger partial charge in [-0.25, -0.2) is 4.98 Å². The summed E-state index contributed by atoms with van der Waals surface area (Å²) < 4.78 is 14.2. The number of carbonyl (C=O) groups excluding carboxylic acids is 1. The second-order valence-corrected chi connectivity index (χ2v) is 10.3. The van der Waals surface area contributed by atoms with Gasteiger partial charge in [-0.2, -0.15) is 0 Å². The van der Waals surface area contributed by atoms with Crippen LogP contribution in [-0.4, -0.2) is 69.2 Å². The molecule has 0 atom stereocenters. The zero-order valence-corrected chi connectivity index (χ0v) is 22.5. The van der Waals surface area contributed by atoms with E-state index in [1.807, 2.05) is 46.7 Å². The Bertz CT molecular complexity index is 1340. The third-order valence-corrected chi connectivity index (χ3v) is 7.55. The average Bonchev–Trinajstić information content (AvgIpc) is 3.29. The molecule has 1 amide bonds. The highest BCUT2D eigenvalue weighted by Crippen LogP contribution is 2.24. The number of nitrogens with zero attached hydrogens (tertiary/aromatic N) is 4. The van der Waals surface area contributed by atoms with E-state index in [1.54, 1.807) is 12.1 Å². The number of amides is 1. The first-order chi connectivity index (χ1) is 18.9. The van der Waals surface area contributed by atoms with Gasteiger partial charge in [0.2, 0.25) is 5.91 Å². The van der Waals surface area contributed by atoms with Crippen molar-refractivity contribution < 1.29 is 14.3 Å². The Morgan fingerprint density at radius 3 is 2.33 bits per heavy atom. The van der Waals surface area contributed by atoms with Gasteiger partial charge in [-0.3, -0.25) is 15.6 Å². The van der Waals surface area contributed by atoms with Gasteiger partial charge in [-0.1, -0.05) is 0 Å². The number of piperidine rings is 2. The fourth-order valence-electron chi connectivity index (χ4n) is 5.28. The summed E-state index contributed by atoms with van der Waals surface area (Å²) in [4.78, 5) is 21.9. The minimum Gasteiger partial charge on any atom is -0.490 e. The number of amidine groups is 2. The number of rotatable bonds is 8. The molecule has 206 valence electrons. The molecule has 0 radical (unpaired) electrons. The first-order valence-electron chi connectivity index (χ1n) is 13.7. The number of aromatic nitrogens is 2. The van der Waals surface area contributed by atoms with Gasteiger partial charge < -0.3 is 29.6 Å². The van der Waals surface area contributed by atoms with Gasteiger partial charge in [0, 0.05) is 44.6 Å². The van der Waals surface area contributed by atoms with Crippen molar-refractivity contribution >= 4 is 28.6 Å². The highest BCUT2D eigenvalue weighted by molar-refractivity contribution is 5.98. The first-order valence-corrected chi connectivity index (χ1v) is 13.7. The van der Waals surface area contributed by atoms with Crippen molar-refractivity contribution in [2.45, 2.75) is 58.3 Å². The maximum Gasteiger partial charge on any atom is 0.242 e. The molecule has 2 saturated heterocycles. The zero-order chi connectivity index (χ0) is 27.4. The monoisotopic (exact) mass is 531 g/mol. The minimum absolute atomic E-state index is 0.0219. The molecule has 0 bridgehead atoms. The predicted molar refractivity (Wildman–Crippen MR) is 151 cm³/mol. The molecule has 0 aliphatic carbocycles. The summed E-state index contributed by atoms with van der Waals surface area (Å²) >= 11 is 0. The van der Waals surface area contributed by atoms with Gasteiger partial charge >= 0.3 is 0 Å². The molecule has 3 aromatic rings. The second-order valence-electron chi connectivity index (χ2n) is 10.3. The Morgan fingerprint density at radius 1 is 0.974 bits per heavy atom. The smallest absolute Gasteiger partial charge is 0.242 e. The molecule has 2 aliphatic rings. The van der Waals surface area contributed by atoms with Crippen LogP contribution in [-0.2, 0) is 17.9 Å². The fraction of sp³-hybridized carbons (Fsp3) is 0.448.